The van der Waals surface area contributed by atoms with Gasteiger partial charge in [-0.15, -0.1) is 0 Å². The summed E-state index contributed by atoms with van der Waals surface area (Å²) in [6.07, 6.45) is 2.46. The average Bonchev–Trinajstić information content (AvgIpc) is 2.40. The van der Waals surface area contributed by atoms with Gasteiger partial charge in [0.15, 0.2) is 0 Å². The van der Waals surface area contributed by atoms with Gasteiger partial charge in [-0.1, -0.05) is 44.2 Å². The molecule has 2 rings (SSSR count). The average molecular weight is 232 g/mol. The largest absolute Gasteiger partial charge is 0.311 e. The molecule has 2 heteroatoms. The van der Waals surface area contributed by atoms with Gasteiger partial charge in [0.1, 0.15) is 0 Å². The van der Waals surface area contributed by atoms with Gasteiger partial charge >= 0.3 is 0 Å². The van der Waals surface area contributed by atoms with Crippen molar-refractivity contribution in [2.75, 3.05) is 13.1 Å². The Labute approximate surface area is 105 Å². The van der Waals surface area contributed by atoms with Crippen molar-refractivity contribution in [3.05, 3.63) is 35.9 Å². The lowest BCUT2D eigenvalue weighted by molar-refractivity contribution is 0.117. The highest BCUT2D eigenvalue weighted by Crippen LogP contribution is 2.15. The Morgan fingerprint density at radius 2 is 1.94 bits per heavy atom. The third kappa shape index (κ3) is 3.30. The molecule has 1 heterocycles. The third-order valence-corrected chi connectivity index (χ3v) is 3.81. The Morgan fingerprint density at radius 1 is 1.18 bits per heavy atom. The fourth-order valence-electron chi connectivity index (χ4n) is 2.62. The molecule has 0 aliphatic carbocycles. The van der Waals surface area contributed by atoms with E-state index in [1.54, 1.807) is 0 Å². The molecular weight excluding hydrogens is 208 g/mol. The SMILES string of the molecule is CC[C@H]1CN(Cc2ccccc2)[C@H](CC)CN1. The zero-order chi connectivity index (χ0) is 12.1. The van der Waals surface area contributed by atoms with E-state index in [0.717, 1.165) is 13.1 Å². The summed E-state index contributed by atoms with van der Waals surface area (Å²) in [6, 6.07) is 12.2. The van der Waals surface area contributed by atoms with Crippen molar-refractivity contribution in [1.82, 2.24) is 10.2 Å². The Kier molecular flexibility index (Phi) is 4.57. The monoisotopic (exact) mass is 232 g/mol. The first-order valence-corrected chi connectivity index (χ1v) is 6.84. The van der Waals surface area contributed by atoms with Crippen molar-refractivity contribution in [2.45, 2.75) is 45.3 Å². The molecule has 17 heavy (non-hydrogen) atoms. The zero-order valence-corrected chi connectivity index (χ0v) is 11.0. The fraction of sp³-hybridized carbons (Fsp3) is 0.600. The summed E-state index contributed by atoms with van der Waals surface area (Å²) in [7, 11) is 0. The number of benzene rings is 1. The van der Waals surface area contributed by atoms with E-state index < -0.39 is 0 Å². The van der Waals surface area contributed by atoms with Crippen LogP contribution in [0.5, 0.6) is 0 Å². The first-order valence-electron chi connectivity index (χ1n) is 6.84. The van der Waals surface area contributed by atoms with Crippen molar-refractivity contribution < 1.29 is 0 Å². The predicted octanol–water partition coefficient (Wildman–Crippen LogP) is 2.65. The summed E-state index contributed by atoms with van der Waals surface area (Å²) >= 11 is 0. The smallest absolute Gasteiger partial charge is 0.0237 e. The highest BCUT2D eigenvalue weighted by atomic mass is 15.2. The van der Waals surface area contributed by atoms with Crippen LogP contribution in [0, 0.1) is 0 Å². The molecule has 1 aromatic carbocycles. The van der Waals surface area contributed by atoms with Crippen molar-refractivity contribution in [3.8, 4) is 0 Å². The lowest BCUT2D eigenvalue weighted by atomic mass is 10.0. The van der Waals surface area contributed by atoms with Crippen molar-refractivity contribution >= 4 is 0 Å². The minimum atomic E-state index is 0.668. The minimum absolute atomic E-state index is 0.668. The number of nitrogens with zero attached hydrogens (tertiary/aromatic N) is 1. The van der Waals surface area contributed by atoms with Gasteiger partial charge in [0.2, 0.25) is 0 Å². The van der Waals surface area contributed by atoms with E-state index in [-0.39, 0.29) is 0 Å². The maximum atomic E-state index is 3.64. The number of rotatable bonds is 4. The Bertz CT molecular complexity index is 323. The first-order chi connectivity index (χ1) is 8.33. The summed E-state index contributed by atoms with van der Waals surface area (Å²) < 4.78 is 0. The van der Waals surface area contributed by atoms with Gasteiger partial charge in [0, 0.05) is 31.7 Å². The Hall–Kier alpha value is -0.860. The second-order valence-electron chi connectivity index (χ2n) is 4.99. The summed E-state index contributed by atoms with van der Waals surface area (Å²) in [5.41, 5.74) is 1.43. The van der Waals surface area contributed by atoms with Gasteiger partial charge in [-0.05, 0) is 18.4 Å². The van der Waals surface area contributed by atoms with Gasteiger partial charge < -0.3 is 5.32 Å². The number of hydrogen-bond acceptors (Lipinski definition) is 2. The summed E-state index contributed by atoms with van der Waals surface area (Å²) in [6.45, 7) is 7.98. The second kappa shape index (κ2) is 6.18. The molecule has 1 fully saturated rings. The van der Waals surface area contributed by atoms with Crippen LogP contribution in [0.3, 0.4) is 0 Å². The van der Waals surface area contributed by atoms with Crippen molar-refractivity contribution in [2.24, 2.45) is 0 Å². The lowest BCUT2D eigenvalue weighted by Gasteiger charge is -2.40. The second-order valence-corrected chi connectivity index (χ2v) is 4.99. The van der Waals surface area contributed by atoms with Crippen LogP contribution in [0.15, 0.2) is 30.3 Å². The summed E-state index contributed by atoms with van der Waals surface area (Å²) in [5.74, 6) is 0. The molecule has 94 valence electrons. The molecule has 0 aromatic heterocycles. The molecule has 1 aliphatic heterocycles. The van der Waals surface area contributed by atoms with Gasteiger partial charge in [-0.2, -0.15) is 0 Å². The zero-order valence-electron chi connectivity index (χ0n) is 11.0. The van der Waals surface area contributed by atoms with Crippen molar-refractivity contribution in [3.63, 3.8) is 0 Å². The molecule has 0 radical (unpaired) electrons. The number of hydrogen-bond donors (Lipinski definition) is 1. The van der Waals surface area contributed by atoms with Crippen molar-refractivity contribution in [1.29, 1.82) is 0 Å². The molecule has 0 amide bonds. The van der Waals surface area contributed by atoms with E-state index in [1.165, 1.54) is 24.9 Å². The quantitative estimate of drug-likeness (QED) is 0.858. The van der Waals surface area contributed by atoms with E-state index in [9.17, 15) is 0 Å². The van der Waals surface area contributed by atoms with E-state index in [0.29, 0.717) is 12.1 Å². The topological polar surface area (TPSA) is 15.3 Å². The van der Waals surface area contributed by atoms with Gasteiger partial charge in [-0.25, -0.2) is 0 Å². The first kappa shape index (κ1) is 12.6. The molecule has 0 spiro atoms. The highest BCUT2D eigenvalue weighted by Gasteiger charge is 2.25. The van der Waals surface area contributed by atoms with Crippen LogP contribution in [0.2, 0.25) is 0 Å². The van der Waals surface area contributed by atoms with Crippen LogP contribution < -0.4 is 5.32 Å². The molecule has 1 N–H and O–H groups in total. The fourth-order valence-corrected chi connectivity index (χ4v) is 2.62. The van der Waals surface area contributed by atoms with Crippen LogP contribution in [0.1, 0.15) is 32.3 Å². The summed E-state index contributed by atoms with van der Waals surface area (Å²) in [4.78, 5) is 2.64. The highest BCUT2D eigenvalue weighted by molar-refractivity contribution is 5.14. The van der Waals surface area contributed by atoms with Gasteiger partial charge in [-0.3, -0.25) is 4.90 Å². The molecule has 2 nitrogen and oxygen atoms in total. The molecular formula is C15H24N2. The Balaban J connectivity index is 2.00. The third-order valence-electron chi connectivity index (χ3n) is 3.81. The molecule has 2 atom stereocenters. The van der Waals surface area contributed by atoms with E-state index in [1.807, 2.05) is 0 Å². The predicted molar refractivity (Wildman–Crippen MR) is 73.0 cm³/mol. The van der Waals surface area contributed by atoms with Crippen LogP contribution in [0.25, 0.3) is 0 Å². The van der Waals surface area contributed by atoms with Crippen LogP contribution in [-0.4, -0.2) is 30.1 Å². The summed E-state index contributed by atoms with van der Waals surface area (Å²) in [5, 5.41) is 3.64. The molecule has 1 aromatic rings. The number of nitrogens with one attached hydrogen (secondary N) is 1. The Morgan fingerprint density at radius 3 is 2.59 bits per heavy atom. The molecule has 0 unspecified atom stereocenters. The molecule has 1 saturated heterocycles. The normalized spacial score (nSPS) is 26.0. The van der Waals surface area contributed by atoms with E-state index >= 15 is 0 Å². The lowest BCUT2D eigenvalue weighted by Crippen LogP contribution is -2.55. The number of piperazine rings is 1. The minimum Gasteiger partial charge on any atom is -0.311 e. The van der Waals surface area contributed by atoms with Gasteiger partial charge in [0.25, 0.3) is 0 Å². The van der Waals surface area contributed by atoms with Crippen LogP contribution >= 0.6 is 0 Å². The van der Waals surface area contributed by atoms with Crippen LogP contribution in [0.4, 0.5) is 0 Å². The van der Waals surface area contributed by atoms with E-state index in [2.05, 4.69) is 54.4 Å². The maximum Gasteiger partial charge on any atom is 0.0237 e. The molecule has 0 saturated carbocycles. The van der Waals surface area contributed by atoms with E-state index in [4.69, 9.17) is 0 Å². The molecule has 1 aliphatic rings. The maximum absolute atomic E-state index is 3.64. The standard InChI is InChI=1S/C15H24N2/c1-3-14-12-17(15(4-2)10-16-14)11-13-8-6-5-7-9-13/h5-9,14-16H,3-4,10-12H2,1-2H3/t14-,15+/m0/s1. The molecule has 0 bridgehead atoms. The van der Waals surface area contributed by atoms with Crippen LogP contribution in [-0.2, 0) is 6.54 Å². The van der Waals surface area contributed by atoms with Gasteiger partial charge in [0.05, 0.1) is 0 Å².